The molecule has 25 heavy (non-hydrogen) atoms. The predicted molar refractivity (Wildman–Crippen MR) is 102 cm³/mol. The zero-order valence-electron chi connectivity index (χ0n) is 14.1. The maximum absolute atomic E-state index is 13.3. The first-order valence-electron chi connectivity index (χ1n) is 8.59. The number of carbonyl (C=O) groups is 1. The fourth-order valence-corrected chi connectivity index (χ4v) is 4.68. The molecule has 1 aliphatic rings. The third-order valence-electron chi connectivity index (χ3n) is 5.02. The quantitative estimate of drug-likeness (QED) is 0.654. The number of carbonyl (C=O) groups excluding carboxylic acids is 1. The fourth-order valence-electron chi connectivity index (χ4n) is 3.61. The zero-order valence-corrected chi connectivity index (χ0v) is 15.7. The average Bonchev–Trinajstić information content (AvgIpc) is 3.32. The number of aromatic nitrogens is 2. The minimum absolute atomic E-state index is 0.0968. The smallest absolute Gasteiger partial charge is 0.254 e. The summed E-state index contributed by atoms with van der Waals surface area (Å²) in [5.74, 6) is 0.0968. The van der Waals surface area contributed by atoms with Crippen molar-refractivity contribution in [2.75, 3.05) is 0 Å². The van der Waals surface area contributed by atoms with Crippen LogP contribution in [0, 0.1) is 0 Å². The zero-order chi connectivity index (χ0) is 17.4. The number of benzene rings is 1. The molecule has 4 rings (SSSR count). The van der Waals surface area contributed by atoms with Crippen molar-refractivity contribution >= 4 is 39.1 Å². The summed E-state index contributed by atoms with van der Waals surface area (Å²) in [6, 6.07) is 10.1. The Labute approximate surface area is 156 Å². The number of hydrogen-bond donors (Lipinski definition) is 0. The summed E-state index contributed by atoms with van der Waals surface area (Å²) in [7, 11) is 2.03. The van der Waals surface area contributed by atoms with Crippen LogP contribution in [-0.4, -0.2) is 26.4 Å². The molecule has 0 spiro atoms. The van der Waals surface area contributed by atoms with E-state index in [2.05, 4.69) is 15.6 Å². The number of aryl methyl sites for hydroxylation is 1. The highest BCUT2D eigenvalue weighted by Gasteiger charge is 2.28. The molecule has 1 aliphatic carbocycles. The van der Waals surface area contributed by atoms with E-state index >= 15 is 0 Å². The van der Waals surface area contributed by atoms with Crippen LogP contribution in [0.15, 0.2) is 36.5 Å². The van der Waals surface area contributed by atoms with Crippen LogP contribution in [-0.2, 0) is 13.6 Å². The first-order chi connectivity index (χ1) is 12.1. The van der Waals surface area contributed by atoms with E-state index in [1.54, 1.807) is 0 Å². The molecule has 0 bridgehead atoms. The molecule has 1 saturated carbocycles. The third-order valence-corrected chi connectivity index (χ3v) is 6.14. The lowest BCUT2D eigenvalue weighted by Gasteiger charge is -2.29. The van der Waals surface area contributed by atoms with E-state index in [1.165, 1.54) is 24.2 Å². The van der Waals surface area contributed by atoms with E-state index in [0.717, 1.165) is 28.8 Å². The highest BCUT2D eigenvalue weighted by atomic mass is 35.5. The highest BCUT2D eigenvalue weighted by Crippen LogP contribution is 2.29. The number of nitrogens with zero attached hydrogens (tertiary/aromatic N) is 3. The molecule has 4 nitrogen and oxygen atoms in total. The standard InChI is InChI=1S/C19H20ClN3OS/c1-22-10-4-7-15(22)12-23(14-5-2-3-6-14)18(24)13-8-9-16-17(11-13)25-19(20)21-16/h4,7-11,14H,2-3,5-6,12H2,1H3. The van der Waals surface area contributed by atoms with Crippen LogP contribution in [0.5, 0.6) is 0 Å². The molecule has 1 aromatic carbocycles. The van der Waals surface area contributed by atoms with Gasteiger partial charge in [0, 0.05) is 30.5 Å². The van der Waals surface area contributed by atoms with Crippen LogP contribution in [0.1, 0.15) is 41.7 Å². The number of fused-ring (bicyclic) bond motifs is 1. The van der Waals surface area contributed by atoms with Gasteiger partial charge in [-0.2, -0.15) is 0 Å². The predicted octanol–water partition coefficient (Wildman–Crippen LogP) is 4.87. The van der Waals surface area contributed by atoms with Gasteiger partial charge in [-0.3, -0.25) is 4.79 Å². The van der Waals surface area contributed by atoms with E-state index in [0.29, 0.717) is 22.6 Å². The molecule has 0 radical (unpaired) electrons. The second-order valence-electron chi connectivity index (χ2n) is 6.63. The van der Waals surface area contributed by atoms with Crippen molar-refractivity contribution in [3.63, 3.8) is 0 Å². The maximum Gasteiger partial charge on any atom is 0.254 e. The summed E-state index contributed by atoms with van der Waals surface area (Å²) in [5, 5.41) is 0. The highest BCUT2D eigenvalue weighted by molar-refractivity contribution is 7.22. The van der Waals surface area contributed by atoms with Gasteiger partial charge < -0.3 is 9.47 Å². The van der Waals surface area contributed by atoms with Gasteiger partial charge in [0.15, 0.2) is 4.47 Å². The van der Waals surface area contributed by atoms with Crippen LogP contribution in [0.3, 0.4) is 0 Å². The molecule has 1 fully saturated rings. The molecule has 0 saturated heterocycles. The van der Waals surface area contributed by atoms with Gasteiger partial charge in [-0.1, -0.05) is 24.4 Å². The van der Waals surface area contributed by atoms with Gasteiger partial charge in [0.25, 0.3) is 5.91 Å². The van der Waals surface area contributed by atoms with Gasteiger partial charge in [-0.05, 0) is 43.2 Å². The van der Waals surface area contributed by atoms with E-state index < -0.39 is 0 Å². The van der Waals surface area contributed by atoms with Gasteiger partial charge in [0.1, 0.15) is 0 Å². The molecule has 3 aromatic rings. The van der Waals surface area contributed by atoms with Gasteiger partial charge >= 0.3 is 0 Å². The molecule has 6 heteroatoms. The lowest BCUT2D eigenvalue weighted by Crippen LogP contribution is -2.38. The Morgan fingerprint density at radius 3 is 2.88 bits per heavy atom. The van der Waals surface area contributed by atoms with Gasteiger partial charge in [0.05, 0.1) is 16.8 Å². The van der Waals surface area contributed by atoms with Gasteiger partial charge in [-0.25, -0.2) is 4.98 Å². The molecule has 2 heterocycles. The minimum Gasteiger partial charge on any atom is -0.353 e. The Morgan fingerprint density at radius 1 is 1.36 bits per heavy atom. The van der Waals surface area contributed by atoms with Crippen molar-refractivity contribution in [1.29, 1.82) is 0 Å². The number of halogens is 1. The number of amides is 1. The van der Waals surface area contributed by atoms with E-state index in [4.69, 9.17) is 11.6 Å². The Kier molecular flexibility index (Phi) is 4.52. The lowest BCUT2D eigenvalue weighted by molar-refractivity contribution is 0.0660. The molecule has 1 amide bonds. The summed E-state index contributed by atoms with van der Waals surface area (Å²) in [6.07, 6.45) is 6.60. The third kappa shape index (κ3) is 3.31. The second-order valence-corrected chi connectivity index (χ2v) is 8.24. The molecule has 2 aromatic heterocycles. The normalized spacial score (nSPS) is 15.1. The van der Waals surface area contributed by atoms with Crippen LogP contribution in [0.4, 0.5) is 0 Å². The second kappa shape index (κ2) is 6.81. The fraction of sp³-hybridized carbons (Fsp3) is 0.368. The Bertz CT molecular complexity index is 910. The van der Waals surface area contributed by atoms with E-state index in [-0.39, 0.29) is 5.91 Å². The summed E-state index contributed by atoms with van der Waals surface area (Å²) >= 11 is 7.42. The lowest BCUT2D eigenvalue weighted by atomic mass is 10.1. The first kappa shape index (κ1) is 16.6. The van der Waals surface area contributed by atoms with Crippen LogP contribution >= 0.6 is 22.9 Å². The Balaban J connectivity index is 1.66. The summed E-state index contributed by atoms with van der Waals surface area (Å²) in [5.41, 5.74) is 2.72. The van der Waals surface area contributed by atoms with Crippen molar-refractivity contribution in [2.45, 2.75) is 38.3 Å². The molecule has 0 atom stereocenters. The molecule has 130 valence electrons. The number of rotatable bonds is 4. The summed E-state index contributed by atoms with van der Waals surface area (Å²) < 4.78 is 3.55. The SMILES string of the molecule is Cn1cccc1CN(C(=O)c1ccc2nc(Cl)sc2c1)C1CCCC1. The molecular formula is C19H20ClN3OS. The maximum atomic E-state index is 13.3. The van der Waals surface area contributed by atoms with Crippen molar-refractivity contribution in [3.05, 3.63) is 52.3 Å². The molecule has 0 N–H and O–H groups in total. The molecule has 0 aliphatic heterocycles. The Hall–Kier alpha value is -1.85. The van der Waals surface area contributed by atoms with Crippen molar-refractivity contribution in [2.24, 2.45) is 7.05 Å². The monoisotopic (exact) mass is 373 g/mol. The molecular weight excluding hydrogens is 354 g/mol. The molecule has 0 unspecified atom stereocenters. The van der Waals surface area contributed by atoms with Crippen LogP contribution in [0.2, 0.25) is 4.47 Å². The van der Waals surface area contributed by atoms with E-state index in [1.807, 2.05) is 42.4 Å². The largest absolute Gasteiger partial charge is 0.353 e. The first-order valence-corrected chi connectivity index (χ1v) is 9.78. The van der Waals surface area contributed by atoms with Gasteiger partial charge in [0.2, 0.25) is 0 Å². The number of hydrogen-bond acceptors (Lipinski definition) is 3. The van der Waals surface area contributed by atoms with Crippen molar-refractivity contribution < 1.29 is 4.79 Å². The van der Waals surface area contributed by atoms with Gasteiger partial charge in [-0.15, -0.1) is 11.3 Å². The van der Waals surface area contributed by atoms with Crippen LogP contribution < -0.4 is 0 Å². The Morgan fingerprint density at radius 2 is 2.16 bits per heavy atom. The number of thiazole rings is 1. The van der Waals surface area contributed by atoms with Crippen LogP contribution in [0.25, 0.3) is 10.2 Å². The summed E-state index contributed by atoms with van der Waals surface area (Å²) in [6.45, 7) is 0.647. The minimum atomic E-state index is 0.0968. The van der Waals surface area contributed by atoms with Crippen molar-refractivity contribution in [3.8, 4) is 0 Å². The topological polar surface area (TPSA) is 38.1 Å². The van der Waals surface area contributed by atoms with Crippen molar-refractivity contribution in [1.82, 2.24) is 14.5 Å². The summed E-state index contributed by atoms with van der Waals surface area (Å²) in [4.78, 5) is 19.6. The average molecular weight is 374 g/mol. The van der Waals surface area contributed by atoms with E-state index in [9.17, 15) is 4.79 Å².